The highest BCUT2D eigenvalue weighted by atomic mass is 16.1. The van der Waals surface area contributed by atoms with E-state index in [1.165, 1.54) is 0 Å². The van der Waals surface area contributed by atoms with Gasteiger partial charge in [0.1, 0.15) is 0 Å². The lowest BCUT2D eigenvalue weighted by Crippen LogP contribution is -2.43. The fourth-order valence-corrected chi connectivity index (χ4v) is 2.11. The summed E-state index contributed by atoms with van der Waals surface area (Å²) in [6.45, 7) is 8.93. The number of rotatable bonds is 4. The van der Waals surface area contributed by atoms with Crippen LogP contribution in [0.3, 0.4) is 0 Å². The highest BCUT2D eigenvalue weighted by molar-refractivity contribution is 5.86. The Morgan fingerprint density at radius 2 is 2.06 bits per heavy atom. The number of Topliss-reactive ketones (excluding diaryl/α,β-unsaturated/α-hetero) is 1. The number of likely N-dealkylation sites (N-methyl/N-ethyl adjacent to an activating group) is 2. The van der Waals surface area contributed by atoms with Crippen LogP contribution < -0.4 is 0 Å². The maximum atomic E-state index is 12.1. The molecule has 1 heterocycles. The van der Waals surface area contributed by atoms with Crippen molar-refractivity contribution in [3.05, 3.63) is 12.2 Å². The predicted octanol–water partition coefficient (Wildman–Crippen LogP) is 1.55. The molecule has 0 aromatic rings. The molecule has 0 radical (unpaired) electrons. The molecule has 16 heavy (non-hydrogen) atoms. The highest BCUT2D eigenvalue weighted by Crippen LogP contribution is 2.13. The van der Waals surface area contributed by atoms with Gasteiger partial charge in [0.2, 0.25) is 0 Å². The lowest BCUT2D eigenvalue weighted by Gasteiger charge is -2.26. The molecule has 0 saturated carbocycles. The standard InChI is InChI=1S/C13H24N2O/c1-5-11(2)9-13(16)12-10-14(3)7-6-8-15(12)4/h12H,2,5-10H2,1,3-4H3. The van der Waals surface area contributed by atoms with Crippen molar-refractivity contribution >= 4 is 5.78 Å². The molecule has 0 bridgehead atoms. The Morgan fingerprint density at radius 3 is 2.69 bits per heavy atom. The maximum Gasteiger partial charge on any atom is 0.155 e. The third kappa shape index (κ3) is 3.72. The van der Waals surface area contributed by atoms with E-state index in [4.69, 9.17) is 0 Å². The van der Waals surface area contributed by atoms with E-state index < -0.39 is 0 Å². The van der Waals surface area contributed by atoms with E-state index in [-0.39, 0.29) is 6.04 Å². The first-order valence-electron chi connectivity index (χ1n) is 6.12. The van der Waals surface area contributed by atoms with Gasteiger partial charge in [0.15, 0.2) is 5.78 Å². The minimum atomic E-state index is 0.0517. The van der Waals surface area contributed by atoms with E-state index in [2.05, 4.69) is 37.4 Å². The van der Waals surface area contributed by atoms with Gasteiger partial charge in [0.25, 0.3) is 0 Å². The number of carbonyl (C=O) groups is 1. The van der Waals surface area contributed by atoms with Crippen molar-refractivity contribution in [1.29, 1.82) is 0 Å². The molecule has 92 valence electrons. The molecule has 0 aliphatic carbocycles. The van der Waals surface area contributed by atoms with Gasteiger partial charge in [-0.3, -0.25) is 9.69 Å². The van der Waals surface area contributed by atoms with E-state index in [0.717, 1.165) is 38.0 Å². The molecule has 1 unspecified atom stereocenters. The summed E-state index contributed by atoms with van der Waals surface area (Å²) in [5.41, 5.74) is 1.05. The van der Waals surface area contributed by atoms with Gasteiger partial charge in [-0.2, -0.15) is 0 Å². The summed E-state index contributed by atoms with van der Waals surface area (Å²) in [6.07, 6.45) is 2.59. The second-order valence-corrected chi connectivity index (χ2v) is 4.86. The smallest absolute Gasteiger partial charge is 0.155 e. The van der Waals surface area contributed by atoms with Crippen LogP contribution in [0.5, 0.6) is 0 Å². The first-order valence-corrected chi connectivity index (χ1v) is 6.12. The summed E-state index contributed by atoms with van der Waals surface area (Å²) in [7, 11) is 4.14. The van der Waals surface area contributed by atoms with Crippen molar-refractivity contribution in [2.75, 3.05) is 33.7 Å². The number of hydrogen-bond acceptors (Lipinski definition) is 3. The van der Waals surface area contributed by atoms with Crippen LogP contribution in [-0.4, -0.2) is 55.4 Å². The Hall–Kier alpha value is -0.670. The summed E-state index contributed by atoms with van der Waals surface area (Å²) in [5, 5.41) is 0. The fraction of sp³-hybridized carbons (Fsp3) is 0.769. The van der Waals surface area contributed by atoms with Crippen molar-refractivity contribution in [1.82, 2.24) is 9.80 Å². The number of ketones is 1. The number of allylic oxidation sites excluding steroid dienone is 1. The van der Waals surface area contributed by atoms with Crippen molar-refractivity contribution in [2.24, 2.45) is 0 Å². The molecule has 0 aromatic heterocycles. The number of carbonyl (C=O) groups excluding carboxylic acids is 1. The third-order valence-corrected chi connectivity index (χ3v) is 3.36. The molecule has 1 rings (SSSR count). The van der Waals surface area contributed by atoms with Crippen molar-refractivity contribution in [3.8, 4) is 0 Å². The van der Waals surface area contributed by atoms with Crippen LogP contribution >= 0.6 is 0 Å². The van der Waals surface area contributed by atoms with Crippen LogP contribution in [0.15, 0.2) is 12.2 Å². The molecule has 3 heteroatoms. The van der Waals surface area contributed by atoms with Crippen LogP contribution in [0.2, 0.25) is 0 Å². The van der Waals surface area contributed by atoms with Crippen molar-refractivity contribution in [2.45, 2.75) is 32.2 Å². The zero-order valence-corrected chi connectivity index (χ0v) is 10.8. The zero-order valence-electron chi connectivity index (χ0n) is 10.8. The Kier molecular flexibility index (Phi) is 5.16. The Labute approximate surface area is 99.1 Å². The summed E-state index contributed by atoms with van der Waals surface area (Å²) < 4.78 is 0. The molecular formula is C13H24N2O. The largest absolute Gasteiger partial charge is 0.304 e. The van der Waals surface area contributed by atoms with Gasteiger partial charge >= 0.3 is 0 Å². The van der Waals surface area contributed by atoms with E-state index in [1.54, 1.807) is 0 Å². The summed E-state index contributed by atoms with van der Waals surface area (Å²) >= 11 is 0. The van der Waals surface area contributed by atoms with Gasteiger partial charge in [-0.15, -0.1) is 0 Å². The van der Waals surface area contributed by atoms with Gasteiger partial charge in [-0.25, -0.2) is 0 Å². The van der Waals surface area contributed by atoms with Gasteiger partial charge in [0.05, 0.1) is 6.04 Å². The second-order valence-electron chi connectivity index (χ2n) is 4.86. The fourth-order valence-electron chi connectivity index (χ4n) is 2.11. The topological polar surface area (TPSA) is 23.6 Å². The van der Waals surface area contributed by atoms with E-state index in [0.29, 0.717) is 12.2 Å². The van der Waals surface area contributed by atoms with Gasteiger partial charge in [-0.05, 0) is 40.0 Å². The molecule has 1 aliphatic rings. The first-order chi connectivity index (χ1) is 7.54. The average molecular weight is 224 g/mol. The van der Waals surface area contributed by atoms with Crippen LogP contribution in [0.4, 0.5) is 0 Å². The summed E-state index contributed by atoms with van der Waals surface area (Å²) in [5.74, 6) is 0.322. The Morgan fingerprint density at radius 1 is 1.38 bits per heavy atom. The third-order valence-electron chi connectivity index (χ3n) is 3.36. The van der Waals surface area contributed by atoms with Gasteiger partial charge in [0, 0.05) is 13.0 Å². The summed E-state index contributed by atoms with van der Waals surface area (Å²) in [6, 6.07) is 0.0517. The van der Waals surface area contributed by atoms with E-state index >= 15 is 0 Å². The maximum absolute atomic E-state index is 12.1. The lowest BCUT2D eigenvalue weighted by atomic mass is 10.0. The number of nitrogens with zero attached hydrogens (tertiary/aromatic N) is 2. The van der Waals surface area contributed by atoms with Crippen molar-refractivity contribution in [3.63, 3.8) is 0 Å². The van der Waals surface area contributed by atoms with Crippen LogP contribution in [0.25, 0.3) is 0 Å². The van der Waals surface area contributed by atoms with Gasteiger partial charge in [-0.1, -0.05) is 19.1 Å². The normalized spacial score (nSPS) is 24.1. The molecule has 0 amide bonds. The Bertz CT molecular complexity index is 263. The molecule has 3 nitrogen and oxygen atoms in total. The van der Waals surface area contributed by atoms with Crippen molar-refractivity contribution < 1.29 is 4.79 Å². The van der Waals surface area contributed by atoms with Crippen LogP contribution in [0.1, 0.15) is 26.2 Å². The molecule has 1 atom stereocenters. The van der Waals surface area contributed by atoms with Crippen LogP contribution in [-0.2, 0) is 4.79 Å². The van der Waals surface area contributed by atoms with E-state index in [9.17, 15) is 4.79 Å². The minimum absolute atomic E-state index is 0.0517. The summed E-state index contributed by atoms with van der Waals surface area (Å²) in [4.78, 5) is 16.6. The second kappa shape index (κ2) is 6.16. The number of hydrogen-bond donors (Lipinski definition) is 0. The average Bonchev–Trinajstić information content (AvgIpc) is 2.40. The Balaban J connectivity index is 2.60. The monoisotopic (exact) mass is 224 g/mol. The van der Waals surface area contributed by atoms with E-state index in [1.807, 2.05) is 0 Å². The molecular weight excluding hydrogens is 200 g/mol. The highest BCUT2D eigenvalue weighted by Gasteiger charge is 2.26. The minimum Gasteiger partial charge on any atom is -0.304 e. The molecule has 0 aromatic carbocycles. The molecule has 0 spiro atoms. The zero-order chi connectivity index (χ0) is 12.1. The molecule has 1 saturated heterocycles. The molecule has 1 fully saturated rings. The van der Waals surface area contributed by atoms with Gasteiger partial charge < -0.3 is 4.90 Å². The molecule has 1 aliphatic heterocycles. The SMILES string of the molecule is C=C(CC)CC(=O)C1CN(C)CCCN1C. The van der Waals surface area contributed by atoms with Crippen LogP contribution in [0, 0.1) is 0 Å². The predicted molar refractivity (Wildman–Crippen MR) is 67.6 cm³/mol. The lowest BCUT2D eigenvalue weighted by molar-refractivity contribution is -0.123. The quantitative estimate of drug-likeness (QED) is 0.677. The molecule has 0 N–H and O–H groups in total. The first kappa shape index (κ1) is 13.4.